The molecule has 0 amide bonds. The van der Waals surface area contributed by atoms with Crippen molar-refractivity contribution in [2.45, 2.75) is 19.2 Å². The second kappa shape index (κ2) is 7.36. The molecule has 3 nitrogen and oxygen atoms in total. The molecule has 21 heavy (non-hydrogen) atoms. The van der Waals surface area contributed by atoms with Gasteiger partial charge < -0.3 is 9.84 Å². The molecule has 116 valence electrons. The summed E-state index contributed by atoms with van der Waals surface area (Å²) >= 11 is 5.97. The number of fused-ring (bicyclic) bond motifs is 1. The molecule has 1 aromatic rings. The average molecular weight is 323 g/mol. The highest BCUT2D eigenvalue weighted by atomic mass is 35.5. The molecular weight excluding hydrogens is 309 g/mol. The van der Waals surface area contributed by atoms with Crippen LogP contribution < -0.4 is 4.74 Å². The number of halogens is 4. The lowest BCUT2D eigenvalue weighted by molar-refractivity contribution is -0.134. The van der Waals surface area contributed by atoms with Crippen molar-refractivity contribution >= 4 is 23.6 Å². The number of carboxylic acids is 1. The number of rotatable bonds is 3. The Morgan fingerprint density at radius 3 is 2.62 bits per heavy atom. The minimum absolute atomic E-state index is 0.179. The van der Waals surface area contributed by atoms with Crippen molar-refractivity contribution in [2.24, 2.45) is 0 Å². The Morgan fingerprint density at radius 2 is 2.10 bits per heavy atom. The van der Waals surface area contributed by atoms with E-state index in [1.807, 2.05) is 0 Å². The van der Waals surface area contributed by atoms with Crippen molar-refractivity contribution in [1.82, 2.24) is 0 Å². The summed E-state index contributed by atoms with van der Waals surface area (Å²) in [4.78, 5) is 11.1. The Bertz CT molecular complexity index is 561. The Labute approximate surface area is 125 Å². The van der Waals surface area contributed by atoms with E-state index in [0.29, 0.717) is 12.7 Å². The van der Waals surface area contributed by atoms with Crippen LogP contribution in [0, 0.1) is 6.92 Å². The predicted molar refractivity (Wildman–Crippen MR) is 74.1 cm³/mol. The van der Waals surface area contributed by atoms with Crippen LogP contribution in [0.3, 0.4) is 0 Å². The molecule has 0 aliphatic carbocycles. The van der Waals surface area contributed by atoms with Gasteiger partial charge in [-0.1, -0.05) is 11.6 Å². The van der Waals surface area contributed by atoms with E-state index in [2.05, 4.69) is 0 Å². The number of aryl methyl sites for hydroxylation is 1. The zero-order valence-corrected chi connectivity index (χ0v) is 12.1. The average Bonchev–Trinajstić information content (AvgIpc) is 2.47. The quantitative estimate of drug-likeness (QED) is 0.921. The van der Waals surface area contributed by atoms with Crippen molar-refractivity contribution in [3.8, 4) is 5.75 Å². The maximum Gasteiger partial charge on any atom is 0.335 e. The van der Waals surface area contributed by atoms with Gasteiger partial charge >= 0.3 is 5.97 Å². The normalized spacial score (nSPS) is 17.6. The van der Waals surface area contributed by atoms with E-state index in [9.17, 15) is 18.0 Å². The van der Waals surface area contributed by atoms with E-state index >= 15 is 0 Å². The van der Waals surface area contributed by atoms with Crippen LogP contribution in [-0.2, 0) is 4.79 Å². The van der Waals surface area contributed by atoms with Crippen LogP contribution in [0.25, 0.3) is 6.08 Å². The molecule has 0 bridgehead atoms. The molecule has 2 unspecified atom stereocenters. The molecule has 0 radical (unpaired) electrons. The van der Waals surface area contributed by atoms with Crippen molar-refractivity contribution in [3.05, 3.63) is 33.9 Å². The van der Waals surface area contributed by atoms with Crippen molar-refractivity contribution in [3.63, 3.8) is 0 Å². The van der Waals surface area contributed by atoms with Gasteiger partial charge in [0.1, 0.15) is 12.4 Å². The summed E-state index contributed by atoms with van der Waals surface area (Å²) in [6.07, 6.45) is -2.27. The Kier molecular flexibility index (Phi) is 6.08. The van der Waals surface area contributed by atoms with E-state index in [1.54, 1.807) is 19.1 Å². The maximum absolute atomic E-state index is 13.5. The number of benzene rings is 1. The van der Waals surface area contributed by atoms with Crippen LogP contribution in [0.2, 0.25) is 5.02 Å². The number of hydrogen-bond acceptors (Lipinski definition) is 2. The summed E-state index contributed by atoms with van der Waals surface area (Å²) in [6, 6.07) is 3.28. The molecule has 0 saturated carbocycles. The van der Waals surface area contributed by atoms with Crippen LogP contribution in [0.5, 0.6) is 5.75 Å². The van der Waals surface area contributed by atoms with Gasteiger partial charge in [-0.05, 0) is 30.7 Å². The van der Waals surface area contributed by atoms with Gasteiger partial charge in [-0.15, -0.1) is 0 Å². The molecule has 0 fully saturated rings. The van der Waals surface area contributed by atoms with Gasteiger partial charge in [-0.2, -0.15) is 0 Å². The highest BCUT2D eigenvalue weighted by Crippen LogP contribution is 2.38. The van der Waals surface area contributed by atoms with E-state index in [-0.39, 0.29) is 16.3 Å². The molecule has 1 aromatic carbocycles. The molecule has 2 atom stereocenters. The standard InChI is InChI=1S/C13H11ClF2O3.CH3F/c1-6-2-7-4-8(13(17)18)12(10(16)5-15)19-11(7)9(14)3-6;1-2/h2-4,10,12H,5H2,1H3,(H,17,18);1H3. The highest BCUT2D eigenvalue weighted by Gasteiger charge is 2.35. The molecule has 1 heterocycles. The lowest BCUT2D eigenvalue weighted by Crippen LogP contribution is -2.37. The molecule has 1 aliphatic heterocycles. The molecule has 0 saturated heterocycles. The number of alkyl halides is 3. The Balaban J connectivity index is 0.00000106. The second-order valence-corrected chi connectivity index (χ2v) is 4.69. The van der Waals surface area contributed by atoms with Crippen LogP contribution in [0.1, 0.15) is 11.1 Å². The number of aliphatic carboxylic acids is 1. The lowest BCUT2D eigenvalue weighted by Gasteiger charge is -2.27. The monoisotopic (exact) mass is 322 g/mol. The van der Waals surface area contributed by atoms with Crippen molar-refractivity contribution in [2.75, 3.05) is 13.9 Å². The van der Waals surface area contributed by atoms with Crippen LogP contribution in [0.4, 0.5) is 13.2 Å². The zero-order chi connectivity index (χ0) is 16.2. The first kappa shape index (κ1) is 17.4. The topological polar surface area (TPSA) is 46.5 Å². The number of hydrogen-bond donors (Lipinski definition) is 1. The Hall–Kier alpha value is -1.69. The van der Waals surface area contributed by atoms with E-state index in [4.69, 9.17) is 21.4 Å². The molecule has 0 aromatic heterocycles. The summed E-state index contributed by atoms with van der Waals surface area (Å²) in [6.45, 7) is 0.458. The number of carbonyl (C=O) groups is 1. The maximum atomic E-state index is 13.5. The number of ether oxygens (including phenoxy) is 1. The third-order valence-electron chi connectivity index (χ3n) is 2.80. The van der Waals surface area contributed by atoms with Gasteiger partial charge in [-0.3, -0.25) is 4.39 Å². The van der Waals surface area contributed by atoms with Gasteiger partial charge in [0.15, 0.2) is 12.3 Å². The molecule has 1 N–H and O–H groups in total. The van der Waals surface area contributed by atoms with Gasteiger partial charge in [-0.25, -0.2) is 13.6 Å². The van der Waals surface area contributed by atoms with E-state index < -0.39 is 24.9 Å². The summed E-state index contributed by atoms with van der Waals surface area (Å²) in [7, 11) is 0.500. The van der Waals surface area contributed by atoms with Crippen LogP contribution >= 0.6 is 11.6 Å². The first-order valence-corrected chi connectivity index (χ1v) is 6.31. The first-order chi connectivity index (χ1) is 9.93. The largest absolute Gasteiger partial charge is 0.480 e. The molecular formula is C14H14ClF3O3. The fraction of sp³-hybridized carbons (Fsp3) is 0.357. The van der Waals surface area contributed by atoms with Gasteiger partial charge in [0.05, 0.1) is 17.8 Å². The predicted octanol–water partition coefficient (Wildman–Crippen LogP) is 3.77. The van der Waals surface area contributed by atoms with E-state index in [1.165, 1.54) is 6.08 Å². The van der Waals surface area contributed by atoms with E-state index in [0.717, 1.165) is 5.56 Å². The first-order valence-electron chi connectivity index (χ1n) is 5.93. The van der Waals surface area contributed by atoms with Crippen molar-refractivity contribution in [1.29, 1.82) is 0 Å². The number of carboxylic acid groups (broad SMARTS) is 1. The minimum atomic E-state index is -2.05. The summed E-state index contributed by atoms with van der Waals surface area (Å²) in [5, 5.41) is 9.29. The molecule has 1 aliphatic rings. The minimum Gasteiger partial charge on any atom is -0.480 e. The smallest absolute Gasteiger partial charge is 0.335 e. The second-order valence-electron chi connectivity index (χ2n) is 4.28. The third kappa shape index (κ3) is 3.69. The van der Waals surface area contributed by atoms with Gasteiger partial charge in [0.25, 0.3) is 0 Å². The van der Waals surface area contributed by atoms with Crippen LogP contribution in [-0.4, -0.2) is 37.2 Å². The lowest BCUT2D eigenvalue weighted by atomic mass is 9.98. The summed E-state index contributed by atoms with van der Waals surface area (Å²) in [5.41, 5.74) is 0.943. The third-order valence-corrected chi connectivity index (χ3v) is 3.08. The zero-order valence-electron chi connectivity index (χ0n) is 11.4. The summed E-state index contributed by atoms with van der Waals surface area (Å²) in [5.74, 6) is -1.16. The highest BCUT2D eigenvalue weighted by molar-refractivity contribution is 6.32. The fourth-order valence-electron chi connectivity index (χ4n) is 1.96. The molecule has 2 rings (SSSR count). The molecule has 7 heteroatoms. The van der Waals surface area contributed by atoms with Crippen molar-refractivity contribution < 1.29 is 27.8 Å². The van der Waals surface area contributed by atoms with Gasteiger partial charge in [0.2, 0.25) is 0 Å². The SMILES string of the molecule is CF.Cc1cc(Cl)c2c(c1)C=C(C(=O)O)C(C(F)CF)O2. The fourth-order valence-corrected chi connectivity index (χ4v) is 2.29. The van der Waals surface area contributed by atoms with Crippen LogP contribution in [0.15, 0.2) is 17.7 Å². The Morgan fingerprint density at radius 1 is 1.48 bits per heavy atom. The van der Waals surface area contributed by atoms with Gasteiger partial charge in [0, 0.05) is 5.56 Å². The molecule has 0 spiro atoms. The summed E-state index contributed by atoms with van der Waals surface area (Å²) < 4.78 is 40.7.